The first-order chi connectivity index (χ1) is 9.37. The number of hydrogen-bond donors (Lipinski definition) is 1. The SMILES string of the molecule is COC(=O)C(C)(C)N1CCN(CC2(C)CCNC2)CC1.Cl. The number of halogens is 1. The molecule has 2 aliphatic rings. The summed E-state index contributed by atoms with van der Waals surface area (Å²) in [5.41, 5.74) is -0.0975. The molecular weight excluding hydrogens is 290 g/mol. The molecule has 124 valence electrons. The normalized spacial score (nSPS) is 28.2. The van der Waals surface area contributed by atoms with Crippen molar-refractivity contribution >= 4 is 18.4 Å². The van der Waals surface area contributed by atoms with Crippen LogP contribution < -0.4 is 5.32 Å². The fraction of sp³-hybridized carbons (Fsp3) is 0.933. The zero-order valence-electron chi connectivity index (χ0n) is 13.8. The Morgan fingerprint density at radius 3 is 2.38 bits per heavy atom. The van der Waals surface area contributed by atoms with Crippen LogP contribution in [0.15, 0.2) is 0 Å². The van der Waals surface area contributed by atoms with E-state index in [1.807, 2.05) is 13.8 Å². The first-order valence-corrected chi connectivity index (χ1v) is 7.64. The van der Waals surface area contributed by atoms with Gasteiger partial charge in [-0.1, -0.05) is 6.92 Å². The molecule has 0 radical (unpaired) electrons. The van der Waals surface area contributed by atoms with Crippen molar-refractivity contribution in [2.24, 2.45) is 5.41 Å². The number of esters is 1. The molecule has 0 aromatic heterocycles. The second-order valence-electron chi connectivity index (χ2n) is 7.05. The number of carbonyl (C=O) groups is 1. The lowest BCUT2D eigenvalue weighted by atomic mass is 9.89. The van der Waals surface area contributed by atoms with Gasteiger partial charge in [0.1, 0.15) is 5.54 Å². The van der Waals surface area contributed by atoms with Crippen LogP contribution in [0.4, 0.5) is 0 Å². The summed E-state index contributed by atoms with van der Waals surface area (Å²) in [6.45, 7) is 13.7. The molecule has 0 aromatic rings. The Morgan fingerprint density at radius 1 is 1.29 bits per heavy atom. The highest BCUT2D eigenvalue weighted by Gasteiger charge is 2.38. The predicted octanol–water partition coefficient (Wildman–Crippen LogP) is 0.977. The number of nitrogens with one attached hydrogen (secondary N) is 1. The first kappa shape index (κ1) is 18.7. The van der Waals surface area contributed by atoms with Crippen molar-refractivity contribution in [2.45, 2.75) is 32.7 Å². The highest BCUT2D eigenvalue weighted by atomic mass is 35.5. The Balaban J connectivity index is 0.00000220. The number of hydrogen-bond acceptors (Lipinski definition) is 5. The summed E-state index contributed by atoms with van der Waals surface area (Å²) in [4.78, 5) is 16.6. The van der Waals surface area contributed by atoms with Crippen molar-refractivity contribution in [3.63, 3.8) is 0 Å². The van der Waals surface area contributed by atoms with Crippen LogP contribution in [0.25, 0.3) is 0 Å². The Bertz CT molecular complexity index is 349. The van der Waals surface area contributed by atoms with Crippen molar-refractivity contribution in [1.29, 1.82) is 0 Å². The van der Waals surface area contributed by atoms with E-state index in [-0.39, 0.29) is 18.4 Å². The minimum absolute atomic E-state index is 0. The molecule has 2 aliphatic heterocycles. The third-order valence-electron chi connectivity index (χ3n) is 4.91. The molecule has 0 bridgehead atoms. The van der Waals surface area contributed by atoms with E-state index in [1.165, 1.54) is 13.5 Å². The van der Waals surface area contributed by atoms with Crippen molar-refractivity contribution in [2.75, 3.05) is 52.9 Å². The maximum absolute atomic E-state index is 11.9. The van der Waals surface area contributed by atoms with Gasteiger partial charge < -0.3 is 15.0 Å². The van der Waals surface area contributed by atoms with Gasteiger partial charge in [-0.2, -0.15) is 0 Å². The smallest absolute Gasteiger partial charge is 0.325 e. The van der Waals surface area contributed by atoms with Crippen LogP contribution in [0.3, 0.4) is 0 Å². The number of carbonyl (C=O) groups excluding carboxylic acids is 1. The monoisotopic (exact) mass is 319 g/mol. The second kappa shape index (κ2) is 7.27. The summed E-state index contributed by atoms with van der Waals surface area (Å²) in [5.74, 6) is -0.141. The molecule has 1 N–H and O–H groups in total. The van der Waals surface area contributed by atoms with Gasteiger partial charge in [-0.3, -0.25) is 9.69 Å². The van der Waals surface area contributed by atoms with E-state index < -0.39 is 5.54 Å². The molecule has 0 aliphatic carbocycles. The van der Waals surface area contributed by atoms with Crippen molar-refractivity contribution in [1.82, 2.24) is 15.1 Å². The summed E-state index contributed by atoms with van der Waals surface area (Å²) in [5, 5.41) is 3.46. The van der Waals surface area contributed by atoms with Crippen LogP contribution in [-0.2, 0) is 9.53 Å². The van der Waals surface area contributed by atoms with Gasteiger partial charge in [0.05, 0.1) is 7.11 Å². The Hall–Kier alpha value is -0.360. The average molecular weight is 320 g/mol. The lowest BCUT2D eigenvalue weighted by Crippen LogP contribution is -2.59. The van der Waals surface area contributed by atoms with Crippen LogP contribution in [0.5, 0.6) is 0 Å². The fourth-order valence-electron chi connectivity index (χ4n) is 3.39. The highest BCUT2D eigenvalue weighted by molar-refractivity contribution is 5.85. The molecule has 2 rings (SSSR count). The Labute approximate surface area is 134 Å². The maximum Gasteiger partial charge on any atom is 0.325 e. The summed E-state index contributed by atoms with van der Waals surface area (Å²) in [6.07, 6.45) is 1.26. The number of piperazine rings is 1. The summed E-state index contributed by atoms with van der Waals surface area (Å²) < 4.78 is 4.92. The van der Waals surface area contributed by atoms with Crippen molar-refractivity contribution in [3.8, 4) is 0 Å². The number of nitrogens with zero attached hydrogens (tertiary/aromatic N) is 2. The average Bonchev–Trinajstić information content (AvgIpc) is 2.84. The van der Waals surface area contributed by atoms with Crippen LogP contribution >= 0.6 is 12.4 Å². The van der Waals surface area contributed by atoms with Gasteiger partial charge in [0, 0.05) is 39.3 Å². The van der Waals surface area contributed by atoms with Crippen LogP contribution in [0.2, 0.25) is 0 Å². The topological polar surface area (TPSA) is 44.8 Å². The van der Waals surface area contributed by atoms with Crippen molar-refractivity contribution in [3.05, 3.63) is 0 Å². The van der Waals surface area contributed by atoms with Gasteiger partial charge in [0.2, 0.25) is 0 Å². The molecule has 21 heavy (non-hydrogen) atoms. The molecule has 0 amide bonds. The van der Waals surface area contributed by atoms with E-state index in [0.29, 0.717) is 5.41 Å². The second-order valence-corrected chi connectivity index (χ2v) is 7.05. The zero-order chi connectivity index (χ0) is 14.8. The first-order valence-electron chi connectivity index (χ1n) is 7.64. The predicted molar refractivity (Wildman–Crippen MR) is 86.9 cm³/mol. The van der Waals surface area contributed by atoms with Crippen molar-refractivity contribution < 1.29 is 9.53 Å². The lowest BCUT2D eigenvalue weighted by Gasteiger charge is -2.43. The molecule has 2 heterocycles. The van der Waals surface area contributed by atoms with Gasteiger partial charge >= 0.3 is 5.97 Å². The van der Waals surface area contributed by atoms with Crippen LogP contribution in [0, 0.1) is 5.41 Å². The fourth-order valence-corrected chi connectivity index (χ4v) is 3.39. The van der Waals surface area contributed by atoms with Crippen LogP contribution in [0.1, 0.15) is 27.2 Å². The molecule has 5 nitrogen and oxygen atoms in total. The molecular formula is C15H30ClN3O2. The molecule has 0 aromatic carbocycles. The van der Waals surface area contributed by atoms with Gasteiger partial charge in [0.15, 0.2) is 0 Å². The molecule has 0 saturated carbocycles. The molecule has 2 fully saturated rings. The summed E-state index contributed by atoms with van der Waals surface area (Å²) in [7, 11) is 1.47. The number of methoxy groups -OCH3 is 1. The maximum atomic E-state index is 11.9. The van der Waals surface area contributed by atoms with E-state index in [4.69, 9.17) is 4.74 Å². The van der Waals surface area contributed by atoms with E-state index in [1.54, 1.807) is 0 Å². The molecule has 6 heteroatoms. The molecule has 1 atom stereocenters. The lowest BCUT2D eigenvalue weighted by molar-refractivity contribution is -0.154. The molecule has 0 spiro atoms. The highest BCUT2D eigenvalue weighted by Crippen LogP contribution is 2.27. The summed E-state index contributed by atoms with van der Waals surface area (Å²) in [6, 6.07) is 0. The summed E-state index contributed by atoms with van der Waals surface area (Å²) >= 11 is 0. The molecule has 2 saturated heterocycles. The zero-order valence-corrected chi connectivity index (χ0v) is 14.6. The largest absolute Gasteiger partial charge is 0.468 e. The van der Waals surface area contributed by atoms with E-state index in [0.717, 1.165) is 45.8 Å². The minimum atomic E-state index is -0.514. The van der Waals surface area contributed by atoms with E-state index in [9.17, 15) is 4.79 Å². The Morgan fingerprint density at radius 2 is 1.90 bits per heavy atom. The quantitative estimate of drug-likeness (QED) is 0.783. The third kappa shape index (κ3) is 4.31. The Kier molecular flexibility index (Phi) is 6.47. The standard InChI is InChI=1S/C15H29N3O2.ClH/c1-14(2,13(19)20-4)18-9-7-17(8-10-18)12-15(3)5-6-16-11-15;/h16H,5-12H2,1-4H3;1H. The van der Waals surface area contributed by atoms with Gasteiger partial charge in [-0.15, -0.1) is 12.4 Å². The third-order valence-corrected chi connectivity index (χ3v) is 4.91. The van der Waals surface area contributed by atoms with Gasteiger partial charge in [-0.05, 0) is 32.2 Å². The minimum Gasteiger partial charge on any atom is -0.468 e. The van der Waals surface area contributed by atoms with E-state index in [2.05, 4.69) is 22.0 Å². The van der Waals surface area contributed by atoms with Crippen LogP contribution in [-0.4, -0.2) is 74.2 Å². The van der Waals surface area contributed by atoms with E-state index >= 15 is 0 Å². The number of ether oxygens (including phenoxy) is 1. The van der Waals surface area contributed by atoms with Gasteiger partial charge in [0.25, 0.3) is 0 Å². The molecule has 1 unspecified atom stereocenters. The van der Waals surface area contributed by atoms with Gasteiger partial charge in [-0.25, -0.2) is 0 Å². The number of rotatable bonds is 4.